The number of hydrogen-bond acceptors (Lipinski definition) is 4. The average Bonchev–Trinajstić information content (AvgIpc) is 3.44. The first-order chi connectivity index (χ1) is 11.6. The van der Waals surface area contributed by atoms with E-state index in [4.69, 9.17) is 9.47 Å². The molecule has 3 rings (SSSR count). The average molecular weight is 397 g/mol. The Kier molecular flexibility index (Phi) is 5.66. The van der Waals surface area contributed by atoms with Crippen molar-refractivity contribution in [1.82, 2.24) is 10.2 Å². The summed E-state index contributed by atoms with van der Waals surface area (Å²) < 4.78 is 11.4. The molecular formula is C18H25BrN2O3. The number of likely N-dealkylation sites (tertiary alicyclic amines) is 1. The van der Waals surface area contributed by atoms with Crippen molar-refractivity contribution in [3.05, 3.63) is 22.2 Å². The van der Waals surface area contributed by atoms with Crippen LogP contribution in [0.1, 0.15) is 36.0 Å². The van der Waals surface area contributed by atoms with Gasteiger partial charge in [0.25, 0.3) is 5.91 Å². The van der Waals surface area contributed by atoms with Gasteiger partial charge in [-0.2, -0.15) is 0 Å². The number of nitrogens with zero attached hydrogens (tertiary/aromatic N) is 1. The van der Waals surface area contributed by atoms with Crippen molar-refractivity contribution < 1.29 is 14.3 Å². The molecule has 1 heterocycles. The predicted octanol–water partition coefficient (Wildman–Crippen LogP) is 3.07. The van der Waals surface area contributed by atoms with Crippen LogP contribution in [0.3, 0.4) is 0 Å². The molecule has 1 saturated carbocycles. The van der Waals surface area contributed by atoms with Crippen LogP contribution in [0, 0.1) is 5.92 Å². The van der Waals surface area contributed by atoms with Crippen molar-refractivity contribution in [1.29, 1.82) is 0 Å². The Morgan fingerprint density at radius 1 is 1.17 bits per heavy atom. The lowest BCUT2D eigenvalue weighted by Crippen LogP contribution is -2.45. The number of benzene rings is 1. The molecule has 6 heteroatoms. The Bertz CT molecular complexity index is 571. The second-order valence-corrected chi connectivity index (χ2v) is 7.41. The first-order valence-corrected chi connectivity index (χ1v) is 9.36. The number of hydrogen-bond donors (Lipinski definition) is 1. The quantitative estimate of drug-likeness (QED) is 0.802. The number of ether oxygens (including phenoxy) is 2. The molecule has 1 aliphatic heterocycles. The lowest BCUT2D eigenvalue weighted by atomic mass is 10.0. The van der Waals surface area contributed by atoms with Gasteiger partial charge in [0.2, 0.25) is 0 Å². The zero-order chi connectivity index (χ0) is 17.1. The van der Waals surface area contributed by atoms with Gasteiger partial charge in [0.1, 0.15) is 16.0 Å². The van der Waals surface area contributed by atoms with E-state index in [1.807, 2.05) is 4.90 Å². The Morgan fingerprint density at radius 3 is 2.25 bits per heavy atom. The van der Waals surface area contributed by atoms with Gasteiger partial charge in [-0.1, -0.05) is 0 Å². The molecule has 0 bridgehead atoms. The second-order valence-electron chi connectivity index (χ2n) is 6.61. The minimum atomic E-state index is 0.0414. The van der Waals surface area contributed by atoms with Gasteiger partial charge in [-0.3, -0.25) is 4.79 Å². The van der Waals surface area contributed by atoms with Crippen LogP contribution in [-0.2, 0) is 0 Å². The van der Waals surface area contributed by atoms with Crippen molar-refractivity contribution in [2.45, 2.75) is 31.7 Å². The van der Waals surface area contributed by atoms with Gasteiger partial charge in [-0.15, -0.1) is 0 Å². The molecule has 0 atom stereocenters. The summed E-state index contributed by atoms with van der Waals surface area (Å²) in [6.07, 6.45) is 4.78. The number of rotatable bonds is 6. The SMILES string of the molecule is COc1cc(C(=O)N2CCC(NCC3CC3)CC2)cc(OC)c1Br. The summed E-state index contributed by atoms with van der Waals surface area (Å²) in [5.41, 5.74) is 0.608. The van der Waals surface area contributed by atoms with Crippen LogP contribution < -0.4 is 14.8 Å². The Morgan fingerprint density at radius 2 is 1.75 bits per heavy atom. The molecule has 0 unspecified atom stereocenters. The summed E-state index contributed by atoms with van der Waals surface area (Å²) in [4.78, 5) is 14.7. The first-order valence-electron chi connectivity index (χ1n) is 8.56. The molecule has 2 fully saturated rings. The maximum absolute atomic E-state index is 12.8. The molecule has 0 spiro atoms. The Labute approximate surface area is 151 Å². The van der Waals surface area contributed by atoms with E-state index in [2.05, 4.69) is 21.2 Å². The fourth-order valence-electron chi connectivity index (χ4n) is 3.12. The summed E-state index contributed by atoms with van der Waals surface area (Å²) >= 11 is 3.44. The summed E-state index contributed by atoms with van der Waals surface area (Å²) in [5, 5.41) is 3.64. The molecule has 2 aliphatic rings. The highest BCUT2D eigenvalue weighted by Gasteiger charge is 2.27. The molecule has 1 N–H and O–H groups in total. The number of amides is 1. The molecule has 1 aliphatic carbocycles. The molecule has 24 heavy (non-hydrogen) atoms. The van der Waals surface area contributed by atoms with E-state index >= 15 is 0 Å². The molecule has 1 amide bonds. The van der Waals surface area contributed by atoms with E-state index in [-0.39, 0.29) is 5.91 Å². The lowest BCUT2D eigenvalue weighted by molar-refractivity contribution is 0.0704. The molecule has 1 saturated heterocycles. The van der Waals surface area contributed by atoms with E-state index < -0.39 is 0 Å². The highest BCUT2D eigenvalue weighted by atomic mass is 79.9. The summed E-state index contributed by atoms with van der Waals surface area (Å²) in [5.74, 6) is 2.16. The summed E-state index contributed by atoms with van der Waals surface area (Å²) in [6.45, 7) is 2.73. The number of carbonyl (C=O) groups excluding carboxylic acids is 1. The monoisotopic (exact) mass is 396 g/mol. The van der Waals surface area contributed by atoms with Gasteiger partial charge < -0.3 is 19.7 Å². The number of methoxy groups -OCH3 is 2. The van der Waals surface area contributed by atoms with Crippen molar-refractivity contribution in [3.8, 4) is 11.5 Å². The molecule has 132 valence electrons. The maximum Gasteiger partial charge on any atom is 0.254 e. The van der Waals surface area contributed by atoms with Gasteiger partial charge >= 0.3 is 0 Å². The first kappa shape index (κ1) is 17.5. The zero-order valence-corrected chi connectivity index (χ0v) is 15.9. The standard InChI is InChI=1S/C18H25BrN2O3/c1-23-15-9-13(10-16(24-2)17(15)19)18(22)21-7-5-14(6-8-21)20-11-12-3-4-12/h9-10,12,14,20H,3-8,11H2,1-2H3. The van der Waals surface area contributed by atoms with E-state index in [1.54, 1.807) is 26.4 Å². The number of halogens is 1. The van der Waals surface area contributed by atoms with Crippen molar-refractivity contribution in [2.24, 2.45) is 5.92 Å². The van der Waals surface area contributed by atoms with Gasteiger partial charge in [-0.25, -0.2) is 0 Å². The lowest BCUT2D eigenvalue weighted by Gasteiger charge is -2.32. The van der Waals surface area contributed by atoms with Gasteiger partial charge in [0.05, 0.1) is 14.2 Å². The second kappa shape index (κ2) is 7.74. The molecule has 0 radical (unpaired) electrons. The van der Waals surface area contributed by atoms with Crippen LogP contribution in [0.4, 0.5) is 0 Å². The van der Waals surface area contributed by atoms with Crippen LogP contribution >= 0.6 is 15.9 Å². The summed E-state index contributed by atoms with van der Waals surface area (Å²) in [6, 6.07) is 4.09. The topological polar surface area (TPSA) is 50.8 Å². The van der Waals surface area contributed by atoms with Crippen LogP contribution in [0.2, 0.25) is 0 Å². The van der Waals surface area contributed by atoms with Crippen LogP contribution in [0.5, 0.6) is 11.5 Å². The van der Waals surface area contributed by atoms with Crippen LogP contribution in [0.15, 0.2) is 16.6 Å². The van der Waals surface area contributed by atoms with E-state index in [0.29, 0.717) is 23.1 Å². The molecule has 1 aromatic carbocycles. The maximum atomic E-state index is 12.8. The fourth-order valence-corrected chi connectivity index (χ4v) is 3.67. The van der Waals surface area contributed by atoms with Crippen molar-refractivity contribution in [2.75, 3.05) is 33.9 Å². The molecular weight excluding hydrogens is 372 g/mol. The third-order valence-electron chi connectivity index (χ3n) is 4.87. The third kappa shape index (κ3) is 4.03. The molecule has 0 aromatic heterocycles. The minimum Gasteiger partial charge on any atom is -0.495 e. The Hall–Kier alpha value is -1.27. The zero-order valence-electron chi connectivity index (χ0n) is 14.3. The van der Waals surface area contributed by atoms with Gasteiger partial charge in [-0.05, 0) is 66.2 Å². The number of piperidine rings is 1. The van der Waals surface area contributed by atoms with Crippen LogP contribution in [-0.4, -0.2) is 50.7 Å². The fraction of sp³-hybridized carbons (Fsp3) is 0.611. The number of nitrogens with one attached hydrogen (secondary N) is 1. The van der Waals surface area contributed by atoms with Crippen LogP contribution in [0.25, 0.3) is 0 Å². The van der Waals surface area contributed by atoms with Crippen molar-refractivity contribution in [3.63, 3.8) is 0 Å². The third-order valence-corrected chi connectivity index (χ3v) is 5.65. The highest BCUT2D eigenvalue weighted by Crippen LogP contribution is 2.36. The predicted molar refractivity (Wildman–Crippen MR) is 96.9 cm³/mol. The van der Waals surface area contributed by atoms with E-state index in [1.165, 1.54) is 12.8 Å². The van der Waals surface area contributed by atoms with Crippen molar-refractivity contribution >= 4 is 21.8 Å². The largest absolute Gasteiger partial charge is 0.495 e. The van der Waals surface area contributed by atoms with E-state index in [0.717, 1.165) is 42.9 Å². The molecule has 1 aromatic rings. The van der Waals surface area contributed by atoms with Gasteiger partial charge in [0, 0.05) is 24.7 Å². The number of carbonyl (C=O) groups is 1. The Balaban J connectivity index is 1.62. The normalized spacial score (nSPS) is 18.5. The highest BCUT2D eigenvalue weighted by molar-refractivity contribution is 9.10. The van der Waals surface area contributed by atoms with Gasteiger partial charge in [0.15, 0.2) is 0 Å². The molecule has 5 nitrogen and oxygen atoms in total. The summed E-state index contributed by atoms with van der Waals surface area (Å²) in [7, 11) is 3.18. The minimum absolute atomic E-state index is 0.0414. The smallest absolute Gasteiger partial charge is 0.254 e. The van der Waals surface area contributed by atoms with E-state index in [9.17, 15) is 4.79 Å².